The van der Waals surface area contributed by atoms with Crippen molar-refractivity contribution >= 4 is 43.7 Å². The Kier molecular flexibility index (Phi) is 4.47. The summed E-state index contributed by atoms with van der Waals surface area (Å²) < 4.78 is 7.38. The molecule has 22 heavy (non-hydrogen) atoms. The van der Waals surface area contributed by atoms with Crippen molar-refractivity contribution in [2.24, 2.45) is 0 Å². The van der Waals surface area contributed by atoms with Gasteiger partial charge in [0.25, 0.3) is 0 Å². The number of carbonyl (C=O) groups excluding carboxylic acids is 1. The molecule has 2 atom stereocenters. The van der Waals surface area contributed by atoms with Crippen LogP contribution in [0.15, 0.2) is 57.5 Å². The Morgan fingerprint density at radius 3 is 2.50 bits per heavy atom. The molecule has 2 aromatic carbocycles. The zero-order chi connectivity index (χ0) is 15.7. The number of carbonyl (C=O) groups is 1. The lowest BCUT2D eigenvalue weighted by Crippen LogP contribution is -2.27. The SMILES string of the molecule is O=C(/C=C/c1ccc(Br)cc1)C1Oc2ccc(Br)cc2C1O. The number of rotatable bonds is 3. The van der Waals surface area contributed by atoms with Gasteiger partial charge in [0.15, 0.2) is 11.9 Å². The van der Waals surface area contributed by atoms with Crippen LogP contribution in [0.1, 0.15) is 17.2 Å². The van der Waals surface area contributed by atoms with Crippen LogP contribution < -0.4 is 4.74 Å². The minimum atomic E-state index is -0.949. The predicted octanol–water partition coefficient (Wildman–Crippen LogP) is 4.29. The molecule has 5 heteroatoms. The van der Waals surface area contributed by atoms with Crippen LogP contribution in [-0.2, 0) is 4.79 Å². The molecular formula is C17H12Br2O3. The molecule has 3 nitrogen and oxygen atoms in total. The van der Waals surface area contributed by atoms with Crippen LogP contribution in [0.3, 0.4) is 0 Å². The molecule has 3 rings (SSSR count). The predicted molar refractivity (Wildman–Crippen MR) is 91.7 cm³/mol. The lowest BCUT2D eigenvalue weighted by molar-refractivity contribution is -0.124. The second kappa shape index (κ2) is 6.36. The number of ketones is 1. The van der Waals surface area contributed by atoms with E-state index in [1.54, 1.807) is 18.2 Å². The number of fused-ring (bicyclic) bond motifs is 1. The van der Waals surface area contributed by atoms with Gasteiger partial charge in [0.05, 0.1) is 0 Å². The van der Waals surface area contributed by atoms with Gasteiger partial charge in [-0.05, 0) is 42.0 Å². The van der Waals surface area contributed by atoms with Crippen molar-refractivity contribution in [2.75, 3.05) is 0 Å². The van der Waals surface area contributed by atoms with Gasteiger partial charge in [0.1, 0.15) is 11.9 Å². The van der Waals surface area contributed by atoms with Crippen molar-refractivity contribution in [1.29, 1.82) is 0 Å². The van der Waals surface area contributed by atoms with Gasteiger partial charge in [-0.3, -0.25) is 4.79 Å². The van der Waals surface area contributed by atoms with Gasteiger partial charge in [0, 0.05) is 14.5 Å². The van der Waals surface area contributed by atoms with E-state index in [4.69, 9.17) is 4.74 Å². The first-order valence-electron chi connectivity index (χ1n) is 6.66. The highest BCUT2D eigenvalue weighted by Crippen LogP contribution is 2.38. The Hall–Kier alpha value is -1.43. The summed E-state index contributed by atoms with van der Waals surface area (Å²) in [4.78, 5) is 12.3. The van der Waals surface area contributed by atoms with Gasteiger partial charge < -0.3 is 9.84 Å². The average Bonchev–Trinajstić information content (AvgIpc) is 2.83. The fourth-order valence-corrected chi connectivity index (χ4v) is 2.93. The largest absolute Gasteiger partial charge is 0.479 e. The first-order valence-corrected chi connectivity index (χ1v) is 8.25. The van der Waals surface area contributed by atoms with Crippen molar-refractivity contribution < 1.29 is 14.6 Å². The molecule has 0 fully saturated rings. The summed E-state index contributed by atoms with van der Waals surface area (Å²) in [7, 11) is 0. The van der Waals surface area contributed by atoms with Crippen molar-refractivity contribution in [3.63, 3.8) is 0 Å². The van der Waals surface area contributed by atoms with Crippen LogP contribution in [0.25, 0.3) is 6.08 Å². The standard InChI is InChI=1S/C17H12Br2O3/c18-11-4-1-10(2-5-11)3-7-14(20)17-16(21)13-9-12(19)6-8-15(13)22-17/h1-9,16-17,21H/b7-3+. The second-order valence-corrected chi connectivity index (χ2v) is 6.78. The smallest absolute Gasteiger partial charge is 0.199 e. The number of ether oxygens (including phenoxy) is 1. The summed E-state index contributed by atoms with van der Waals surface area (Å²) in [6, 6.07) is 12.9. The summed E-state index contributed by atoms with van der Waals surface area (Å²) in [5, 5.41) is 10.3. The molecule has 0 amide bonds. The molecular weight excluding hydrogens is 412 g/mol. The van der Waals surface area contributed by atoms with E-state index < -0.39 is 12.2 Å². The van der Waals surface area contributed by atoms with Gasteiger partial charge in [-0.15, -0.1) is 0 Å². The number of benzene rings is 2. The van der Waals surface area contributed by atoms with Crippen LogP contribution in [-0.4, -0.2) is 17.0 Å². The molecule has 1 aliphatic heterocycles. The van der Waals surface area contributed by atoms with Crippen molar-refractivity contribution in [3.8, 4) is 5.75 Å². The Morgan fingerprint density at radius 2 is 1.77 bits per heavy atom. The zero-order valence-corrected chi connectivity index (χ0v) is 14.5. The number of hydrogen-bond acceptors (Lipinski definition) is 3. The first kappa shape index (κ1) is 15.5. The van der Waals surface area contributed by atoms with Crippen LogP contribution >= 0.6 is 31.9 Å². The number of aliphatic hydroxyl groups excluding tert-OH is 1. The number of hydrogen-bond donors (Lipinski definition) is 1. The molecule has 0 bridgehead atoms. The van der Waals surface area contributed by atoms with Crippen molar-refractivity contribution in [2.45, 2.75) is 12.2 Å². The third-order valence-electron chi connectivity index (χ3n) is 3.42. The summed E-state index contributed by atoms with van der Waals surface area (Å²) in [6.07, 6.45) is 1.31. The third kappa shape index (κ3) is 3.16. The Labute approximate surface area is 144 Å². The van der Waals surface area contributed by atoms with E-state index in [9.17, 15) is 9.90 Å². The van der Waals surface area contributed by atoms with Gasteiger partial charge in [0.2, 0.25) is 0 Å². The van der Waals surface area contributed by atoms with Crippen molar-refractivity contribution in [1.82, 2.24) is 0 Å². The topological polar surface area (TPSA) is 46.5 Å². The van der Waals surface area contributed by atoms with Crippen LogP contribution in [0, 0.1) is 0 Å². The lowest BCUT2D eigenvalue weighted by Gasteiger charge is -2.10. The van der Waals surface area contributed by atoms with Crippen LogP contribution in [0.2, 0.25) is 0 Å². The minimum absolute atomic E-state index is 0.261. The zero-order valence-electron chi connectivity index (χ0n) is 11.4. The lowest BCUT2D eigenvalue weighted by atomic mass is 10.0. The fourth-order valence-electron chi connectivity index (χ4n) is 2.28. The van der Waals surface area contributed by atoms with E-state index in [-0.39, 0.29) is 5.78 Å². The molecule has 1 heterocycles. The molecule has 0 saturated carbocycles. The summed E-state index contributed by atoms with van der Waals surface area (Å²) in [5.41, 5.74) is 1.54. The van der Waals surface area contributed by atoms with Crippen LogP contribution in [0.4, 0.5) is 0 Å². The minimum Gasteiger partial charge on any atom is -0.479 e. The molecule has 0 spiro atoms. The molecule has 2 unspecified atom stereocenters. The van der Waals surface area contributed by atoms with E-state index >= 15 is 0 Å². The van der Waals surface area contributed by atoms with Gasteiger partial charge in [-0.25, -0.2) is 0 Å². The second-order valence-electron chi connectivity index (χ2n) is 4.95. The third-order valence-corrected chi connectivity index (χ3v) is 4.44. The van der Waals surface area contributed by atoms with E-state index in [0.717, 1.165) is 14.5 Å². The Bertz CT molecular complexity index is 738. The molecule has 0 aliphatic carbocycles. The first-order chi connectivity index (χ1) is 10.5. The maximum absolute atomic E-state index is 12.3. The van der Waals surface area contributed by atoms with E-state index in [2.05, 4.69) is 31.9 Å². The maximum atomic E-state index is 12.3. The van der Waals surface area contributed by atoms with Crippen molar-refractivity contribution in [3.05, 3.63) is 68.6 Å². The number of halogens is 2. The normalized spacial score (nSPS) is 20.0. The monoisotopic (exact) mass is 422 g/mol. The highest BCUT2D eigenvalue weighted by Gasteiger charge is 2.36. The highest BCUT2D eigenvalue weighted by atomic mass is 79.9. The Balaban J connectivity index is 1.75. The Morgan fingerprint density at radius 1 is 1.09 bits per heavy atom. The molecule has 1 aliphatic rings. The summed E-state index contributed by atoms with van der Waals surface area (Å²) in [5.74, 6) is 0.286. The quantitative estimate of drug-likeness (QED) is 0.749. The number of aliphatic hydroxyl groups is 1. The van der Waals surface area contributed by atoms with E-state index in [1.165, 1.54) is 6.08 Å². The highest BCUT2D eigenvalue weighted by molar-refractivity contribution is 9.10. The van der Waals surface area contributed by atoms with Gasteiger partial charge in [-0.1, -0.05) is 50.1 Å². The van der Waals surface area contributed by atoms with E-state index in [1.807, 2.05) is 30.3 Å². The average molecular weight is 424 g/mol. The molecule has 0 radical (unpaired) electrons. The van der Waals surface area contributed by atoms with E-state index in [0.29, 0.717) is 11.3 Å². The molecule has 0 saturated heterocycles. The molecule has 112 valence electrons. The molecule has 0 aromatic heterocycles. The van der Waals surface area contributed by atoms with Gasteiger partial charge in [-0.2, -0.15) is 0 Å². The van der Waals surface area contributed by atoms with Gasteiger partial charge >= 0.3 is 0 Å². The molecule has 2 aromatic rings. The maximum Gasteiger partial charge on any atom is 0.199 e. The fraction of sp³-hybridized carbons (Fsp3) is 0.118. The summed E-state index contributed by atoms with van der Waals surface area (Å²) >= 11 is 6.71. The summed E-state index contributed by atoms with van der Waals surface area (Å²) in [6.45, 7) is 0. The van der Waals surface area contributed by atoms with Crippen LogP contribution in [0.5, 0.6) is 5.75 Å². The molecule has 1 N–H and O–H groups in total.